The molecule has 1 N–H and O–H groups in total. The lowest BCUT2D eigenvalue weighted by Gasteiger charge is -2.34. The zero-order valence-corrected chi connectivity index (χ0v) is 18.2. The minimum atomic E-state index is -4.35. The SMILES string of the molecule is O=C(NCC1CCN(CC(=O)N2CCC[C@H]2C(F)(F)F)CC1)c1cccc(I)c1. The molecule has 0 saturated carbocycles. The van der Waals surface area contributed by atoms with Crippen LogP contribution in [0.2, 0.25) is 0 Å². The molecule has 0 radical (unpaired) electrons. The van der Waals surface area contributed by atoms with E-state index in [1.807, 2.05) is 23.1 Å². The van der Waals surface area contributed by atoms with Crippen LogP contribution < -0.4 is 5.32 Å². The van der Waals surface area contributed by atoms with Crippen molar-refractivity contribution in [3.05, 3.63) is 33.4 Å². The van der Waals surface area contributed by atoms with E-state index in [1.54, 1.807) is 6.07 Å². The second kappa shape index (κ2) is 9.63. The summed E-state index contributed by atoms with van der Waals surface area (Å²) in [6.45, 7) is 2.09. The van der Waals surface area contributed by atoms with E-state index in [9.17, 15) is 22.8 Å². The van der Waals surface area contributed by atoms with Crippen LogP contribution in [0.1, 0.15) is 36.0 Å². The topological polar surface area (TPSA) is 52.7 Å². The molecular formula is C20H25F3IN3O2. The number of nitrogens with zero attached hydrogens (tertiary/aromatic N) is 2. The molecule has 29 heavy (non-hydrogen) atoms. The van der Waals surface area contributed by atoms with Gasteiger partial charge in [-0.15, -0.1) is 0 Å². The van der Waals surface area contributed by atoms with Gasteiger partial charge in [-0.25, -0.2) is 0 Å². The molecule has 1 aromatic carbocycles. The number of hydrogen-bond donors (Lipinski definition) is 1. The Morgan fingerprint density at radius 3 is 2.52 bits per heavy atom. The Morgan fingerprint density at radius 2 is 1.86 bits per heavy atom. The molecule has 0 aromatic heterocycles. The van der Waals surface area contributed by atoms with Gasteiger partial charge in [0.05, 0.1) is 6.54 Å². The summed E-state index contributed by atoms with van der Waals surface area (Å²) in [6, 6.07) is 5.74. The standard InChI is InChI=1S/C20H25F3IN3O2/c21-20(22,23)17-5-2-8-27(17)18(28)13-26-9-6-14(7-10-26)12-25-19(29)15-3-1-4-16(24)11-15/h1,3-4,11,14,17H,2,5-10,12-13H2,(H,25,29)/t17-/m0/s1. The molecule has 0 aliphatic carbocycles. The lowest BCUT2D eigenvalue weighted by molar-refractivity contribution is -0.183. The summed E-state index contributed by atoms with van der Waals surface area (Å²) in [5, 5.41) is 2.96. The molecule has 0 bridgehead atoms. The second-order valence-corrected chi connectivity index (χ2v) is 8.97. The molecule has 3 rings (SSSR count). The van der Waals surface area contributed by atoms with E-state index in [0.29, 0.717) is 37.5 Å². The van der Waals surface area contributed by atoms with Gasteiger partial charge in [0.15, 0.2) is 0 Å². The van der Waals surface area contributed by atoms with E-state index >= 15 is 0 Å². The van der Waals surface area contributed by atoms with Gasteiger partial charge in [0.25, 0.3) is 5.91 Å². The summed E-state index contributed by atoms with van der Waals surface area (Å²) in [7, 11) is 0. The maximum absolute atomic E-state index is 13.1. The van der Waals surface area contributed by atoms with Crippen molar-refractivity contribution in [3.63, 3.8) is 0 Å². The van der Waals surface area contributed by atoms with Crippen molar-refractivity contribution in [2.75, 3.05) is 32.7 Å². The van der Waals surface area contributed by atoms with Crippen LogP contribution in [0.3, 0.4) is 0 Å². The van der Waals surface area contributed by atoms with Gasteiger partial charge in [0, 0.05) is 22.2 Å². The van der Waals surface area contributed by atoms with Crippen molar-refractivity contribution in [1.82, 2.24) is 15.1 Å². The highest BCUT2D eigenvalue weighted by atomic mass is 127. The van der Waals surface area contributed by atoms with E-state index in [4.69, 9.17) is 0 Å². The summed E-state index contributed by atoms with van der Waals surface area (Å²) in [5.41, 5.74) is 0.629. The Balaban J connectivity index is 1.41. The largest absolute Gasteiger partial charge is 0.408 e. The van der Waals surface area contributed by atoms with Gasteiger partial charge in [-0.1, -0.05) is 6.07 Å². The number of likely N-dealkylation sites (tertiary alicyclic amines) is 2. The van der Waals surface area contributed by atoms with Gasteiger partial charge >= 0.3 is 6.18 Å². The first-order chi connectivity index (χ1) is 13.7. The lowest BCUT2D eigenvalue weighted by atomic mass is 9.96. The fraction of sp³-hybridized carbons (Fsp3) is 0.600. The zero-order valence-electron chi connectivity index (χ0n) is 16.1. The number of benzene rings is 1. The summed E-state index contributed by atoms with van der Waals surface area (Å²) < 4.78 is 40.2. The fourth-order valence-corrected chi connectivity index (χ4v) is 4.55. The molecular weight excluding hydrogens is 498 g/mol. The Morgan fingerprint density at radius 1 is 1.14 bits per heavy atom. The van der Waals surface area contributed by atoms with E-state index in [-0.39, 0.29) is 25.4 Å². The van der Waals surface area contributed by atoms with Crippen molar-refractivity contribution < 1.29 is 22.8 Å². The van der Waals surface area contributed by atoms with Crippen LogP contribution >= 0.6 is 22.6 Å². The number of rotatable bonds is 5. The number of halogens is 4. The first kappa shape index (κ1) is 22.3. The highest BCUT2D eigenvalue weighted by Gasteiger charge is 2.47. The molecule has 0 unspecified atom stereocenters. The molecule has 5 nitrogen and oxygen atoms in total. The minimum Gasteiger partial charge on any atom is -0.352 e. The van der Waals surface area contributed by atoms with Crippen molar-refractivity contribution >= 4 is 34.4 Å². The first-order valence-corrected chi connectivity index (χ1v) is 10.9. The molecule has 1 atom stereocenters. The predicted molar refractivity (Wildman–Crippen MR) is 111 cm³/mol. The molecule has 2 saturated heterocycles. The summed E-state index contributed by atoms with van der Waals surface area (Å²) in [6.07, 6.45) is -2.34. The van der Waals surface area contributed by atoms with Crippen molar-refractivity contribution in [2.45, 2.75) is 37.9 Å². The minimum absolute atomic E-state index is 0.00250. The molecule has 160 valence electrons. The maximum Gasteiger partial charge on any atom is 0.408 e. The normalized spacial score (nSPS) is 21.4. The molecule has 0 spiro atoms. The second-order valence-electron chi connectivity index (χ2n) is 7.73. The highest BCUT2D eigenvalue weighted by molar-refractivity contribution is 14.1. The van der Waals surface area contributed by atoms with E-state index < -0.39 is 18.1 Å². The number of carbonyl (C=O) groups is 2. The lowest BCUT2D eigenvalue weighted by Crippen LogP contribution is -2.49. The average Bonchev–Trinajstić information content (AvgIpc) is 3.18. The number of nitrogens with one attached hydrogen (secondary N) is 1. The molecule has 2 heterocycles. The fourth-order valence-electron chi connectivity index (χ4n) is 4.01. The maximum atomic E-state index is 13.1. The monoisotopic (exact) mass is 523 g/mol. The summed E-state index contributed by atoms with van der Waals surface area (Å²) in [4.78, 5) is 27.5. The van der Waals surface area contributed by atoms with Gasteiger partial charge < -0.3 is 10.2 Å². The molecule has 9 heteroatoms. The highest BCUT2D eigenvalue weighted by Crippen LogP contribution is 2.32. The number of amides is 2. The Hall–Kier alpha value is -1.36. The van der Waals surface area contributed by atoms with Crippen LogP contribution in [0.25, 0.3) is 0 Å². The molecule has 2 amide bonds. The van der Waals surface area contributed by atoms with Crippen molar-refractivity contribution in [2.24, 2.45) is 5.92 Å². The van der Waals surface area contributed by atoms with Crippen LogP contribution in [0.4, 0.5) is 13.2 Å². The van der Waals surface area contributed by atoms with E-state index in [1.165, 1.54) is 0 Å². The van der Waals surface area contributed by atoms with Crippen molar-refractivity contribution in [1.29, 1.82) is 0 Å². The summed E-state index contributed by atoms with van der Waals surface area (Å²) in [5.74, 6) is -0.230. The Bertz CT molecular complexity index is 736. The van der Waals surface area contributed by atoms with Crippen LogP contribution in [-0.2, 0) is 4.79 Å². The van der Waals surface area contributed by atoms with Crippen molar-refractivity contribution in [3.8, 4) is 0 Å². The van der Waals surface area contributed by atoms with Gasteiger partial charge in [-0.2, -0.15) is 13.2 Å². The quantitative estimate of drug-likeness (QED) is 0.604. The van der Waals surface area contributed by atoms with Gasteiger partial charge in [-0.3, -0.25) is 14.5 Å². The first-order valence-electron chi connectivity index (χ1n) is 9.86. The number of alkyl halides is 3. The number of hydrogen-bond acceptors (Lipinski definition) is 3. The molecule has 2 aliphatic heterocycles. The van der Waals surface area contributed by atoms with Gasteiger partial charge in [-0.05, 0) is 85.5 Å². The third-order valence-electron chi connectivity index (χ3n) is 5.66. The molecule has 2 aliphatic rings. The van der Waals surface area contributed by atoms with Crippen LogP contribution in [0.5, 0.6) is 0 Å². The number of piperidine rings is 1. The molecule has 1 aromatic rings. The van der Waals surface area contributed by atoms with Gasteiger partial charge in [0.2, 0.25) is 5.91 Å². The Labute approximate surface area is 182 Å². The van der Waals surface area contributed by atoms with E-state index in [2.05, 4.69) is 27.9 Å². The van der Waals surface area contributed by atoms with Gasteiger partial charge in [0.1, 0.15) is 6.04 Å². The third kappa shape index (κ3) is 6.07. The third-order valence-corrected chi connectivity index (χ3v) is 6.33. The number of carbonyl (C=O) groups excluding carboxylic acids is 2. The molecule has 2 fully saturated rings. The zero-order chi connectivity index (χ0) is 21.0. The summed E-state index contributed by atoms with van der Waals surface area (Å²) >= 11 is 2.16. The average molecular weight is 523 g/mol. The smallest absolute Gasteiger partial charge is 0.352 e. The Kier molecular flexibility index (Phi) is 7.42. The van der Waals surface area contributed by atoms with E-state index in [0.717, 1.165) is 21.3 Å². The van der Waals surface area contributed by atoms with Crippen LogP contribution in [0.15, 0.2) is 24.3 Å². The van der Waals surface area contributed by atoms with Crippen LogP contribution in [0, 0.1) is 9.49 Å². The van der Waals surface area contributed by atoms with Crippen LogP contribution in [-0.4, -0.2) is 66.6 Å². The predicted octanol–water partition coefficient (Wildman–Crippen LogP) is 3.29.